The number of carbonyl (C=O) groups excluding carboxylic acids is 2. The molecule has 154 valence electrons. The lowest BCUT2D eigenvalue weighted by molar-refractivity contribution is -0.137. The van der Waals surface area contributed by atoms with E-state index in [0.29, 0.717) is 11.5 Å². The molecule has 0 bridgehead atoms. The Morgan fingerprint density at radius 1 is 1.17 bits per heavy atom. The number of anilines is 2. The summed E-state index contributed by atoms with van der Waals surface area (Å²) in [6, 6.07) is 9.06. The van der Waals surface area contributed by atoms with E-state index < -0.39 is 23.6 Å². The third-order valence-electron chi connectivity index (χ3n) is 4.76. The van der Waals surface area contributed by atoms with E-state index in [-0.39, 0.29) is 23.8 Å². The van der Waals surface area contributed by atoms with Crippen LogP contribution in [0.4, 0.5) is 24.7 Å². The Hall–Kier alpha value is -3.69. The first-order valence-corrected chi connectivity index (χ1v) is 9.04. The van der Waals surface area contributed by atoms with Crippen LogP contribution in [-0.4, -0.2) is 33.1 Å². The lowest BCUT2D eigenvalue weighted by Crippen LogP contribution is -2.43. The van der Waals surface area contributed by atoms with Crippen LogP contribution in [0.3, 0.4) is 0 Å². The van der Waals surface area contributed by atoms with E-state index in [9.17, 15) is 22.8 Å². The average molecular weight is 415 g/mol. The van der Waals surface area contributed by atoms with Gasteiger partial charge in [-0.2, -0.15) is 18.3 Å². The number of halogens is 3. The zero-order chi connectivity index (χ0) is 21.5. The van der Waals surface area contributed by atoms with Crippen LogP contribution in [0.2, 0.25) is 0 Å². The van der Waals surface area contributed by atoms with Crippen molar-refractivity contribution in [2.24, 2.45) is 0 Å². The van der Waals surface area contributed by atoms with Gasteiger partial charge >= 0.3 is 6.18 Å². The number of aromatic nitrogens is 3. The van der Waals surface area contributed by atoms with E-state index in [1.54, 1.807) is 25.1 Å². The Balaban J connectivity index is 1.65. The number of amides is 2. The Bertz CT molecular complexity index is 1090. The third kappa shape index (κ3) is 3.51. The number of carbonyl (C=O) groups is 2. The molecular formula is C20H16F3N5O2. The summed E-state index contributed by atoms with van der Waals surface area (Å²) in [7, 11) is 0. The van der Waals surface area contributed by atoms with Gasteiger partial charge in [-0.15, -0.1) is 0 Å². The second-order valence-electron chi connectivity index (χ2n) is 6.83. The lowest BCUT2D eigenvalue weighted by Gasteiger charge is -2.32. The van der Waals surface area contributed by atoms with Crippen molar-refractivity contribution in [2.45, 2.75) is 19.1 Å². The molecule has 30 heavy (non-hydrogen) atoms. The SMILES string of the molecule is CC1CN(c2ccc(C(F)(F)F)cc2)C(=O)c2c(C(=O)Nc3ccccn3)cnn21. The zero-order valence-electron chi connectivity index (χ0n) is 15.7. The van der Waals surface area contributed by atoms with E-state index in [4.69, 9.17) is 0 Å². The molecule has 2 aromatic heterocycles. The van der Waals surface area contributed by atoms with E-state index in [1.165, 1.54) is 34.1 Å². The average Bonchev–Trinajstić information content (AvgIpc) is 3.17. The van der Waals surface area contributed by atoms with Crippen molar-refractivity contribution in [2.75, 3.05) is 16.8 Å². The molecule has 1 aromatic carbocycles. The monoisotopic (exact) mass is 415 g/mol. The van der Waals surface area contributed by atoms with Gasteiger partial charge in [0.2, 0.25) is 0 Å². The van der Waals surface area contributed by atoms with Crippen molar-refractivity contribution < 1.29 is 22.8 Å². The van der Waals surface area contributed by atoms with Crippen LogP contribution in [-0.2, 0) is 6.18 Å². The molecule has 1 atom stereocenters. The fourth-order valence-electron chi connectivity index (χ4n) is 3.30. The Morgan fingerprint density at radius 3 is 2.53 bits per heavy atom. The summed E-state index contributed by atoms with van der Waals surface area (Å²) in [4.78, 5) is 31.2. The first-order valence-electron chi connectivity index (χ1n) is 9.04. The first kappa shape index (κ1) is 19.6. The number of rotatable bonds is 3. The summed E-state index contributed by atoms with van der Waals surface area (Å²) < 4.78 is 40.0. The van der Waals surface area contributed by atoms with Gasteiger partial charge in [-0.3, -0.25) is 14.3 Å². The standard InChI is InChI=1S/C20H16F3N5O2/c1-12-11-27(14-7-5-13(6-8-14)20(21,22)23)19(30)17-15(10-25-28(12)17)18(29)26-16-4-2-3-9-24-16/h2-10,12H,11H2,1H3,(H,24,26,29). The molecule has 1 N–H and O–H groups in total. The van der Waals surface area contributed by atoms with Crippen molar-refractivity contribution in [1.29, 1.82) is 0 Å². The molecule has 2 amide bonds. The van der Waals surface area contributed by atoms with Crippen molar-refractivity contribution in [3.63, 3.8) is 0 Å². The second-order valence-corrected chi connectivity index (χ2v) is 6.83. The van der Waals surface area contributed by atoms with Gasteiger partial charge in [0.05, 0.1) is 23.4 Å². The van der Waals surface area contributed by atoms with E-state index in [1.807, 2.05) is 0 Å². The molecule has 1 aliphatic rings. The normalized spacial score (nSPS) is 16.3. The maximum absolute atomic E-state index is 13.1. The van der Waals surface area contributed by atoms with Crippen LogP contribution in [0, 0.1) is 0 Å². The maximum atomic E-state index is 13.1. The van der Waals surface area contributed by atoms with Gasteiger partial charge in [0.15, 0.2) is 0 Å². The minimum atomic E-state index is -4.47. The minimum absolute atomic E-state index is 0.0640. The molecular weight excluding hydrogens is 399 g/mol. The van der Waals surface area contributed by atoms with Gasteiger partial charge in [-0.05, 0) is 43.3 Å². The number of nitrogens with zero attached hydrogens (tertiary/aromatic N) is 4. The second kappa shape index (κ2) is 7.29. The third-order valence-corrected chi connectivity index (χ3v) is 4.76. The molecule has 1 unspecified atom stereocenters. The highest BCUT2D eigenvalue weighted by Crippen LogP contribution is 2.32. The quantitative estimate of drug-likeness (QED) is 0.706. The highest BCUT2D eigenvalue weighted by Gasteiger charge is 2.36. The summed E-state index contributed by atoms with van der Waals surface area (Å²) >= 11 is 0. The number of benzene rings is 1. The molecule has 3 heterocycles. The predicted octanol–water partition coefficient (Wildman–Crippen LogP) is 3.77. The molecule has 10 heteroatoms. The summed E-state index contributed by atoms with van der Waals surface area (Å²) in [6.07, 6.45) is -1.64. The van der Waals surface area contributed by atoms with Crippen LogP contribution in [0.15, 0.2) is 54.9 Å². The Labute approximate surface area is 169 Å². The molecule has 1 aliphatic heterocycles. The summed E-state index contributed by atoms with van der Waals surface area (Å²) in [5.74, 6) is -0.750. The molecule has 7 nitrogen and oxygen atoms in total. The maximum Gasteiger partial charge on any atom is 0.416 e. The topological polar surface area (TPSA) is 80.1 Å². The first-order chi connectivity index (χ1) is 14.3. The minimum Gasteiger partial charge on any atom is -0.306 e. The largest absolute Gasteiger partial charge is 0.416 e. The fraction of sp³-hybridized carbons (Fsp3) is 0.200. The molecule has 0 spiro atoms. The highest BCUT2D eigenvalue weighted by atomic mass is 19.4. The number of fused-ring (bicyclic) bond motifs is 1. The van der Waals surface area contributed by atoms with Crippen LogP contribution in [0.1, 0.15) is 39.4 Å². The van der Waals surface area contributed by atoms with Gasteiger partial charge in [0.25, 0.3) is 11.8 Å². The van der Waals surface area contributed by atoms with Gasteiger partial charge in [0, 0.05) is 18.4 Å². The van der Waals surface area contributed by atoms with Crippen molar-refractivity contribution in [3.05, 3.63) is 71.7 Å². The van der Waals surface area contributed by atoms with Crippen LogP contribution >= 0.6 is 0 Å². The van der Waals surface area contributed by atoms with Crippen molar-refractivity contribution >= 4 is 23.3 Å². The molecule has 0 radical (unpaired) electrons. The number of hydrogen-bond acceptors (Lipinski definition) is 4. The van der Waals surface area contributed by atoms with Crippen molar-refractivity contribution in [3.8, 4) is 0 Å². The van der Waals surface area contributed by atoms with Gasteiger partial charge in [-0.1, -0.05) is 6.07 Å². The Kier molecular flexibility index (Phi) is 4.76. The molecule has 0 saturated carbocycles. The summed E-state index contributed by atoms with van der Waals surface area (Å²) in [5, 5.41) is 6.77. The predicted molar refractivity (Wildman–Crippen MR) is 102 cm³/mol. The summed E-state index contributed by atoms with van der Waals surface area (Å²) in [5.41, 5.74) is -0.358. The van der Waals surface area contributed by atoms with E-state index in [0.717, 1.165) is 12.1 Å². The van der Waals surface area contributed by atoms with Crippen LogP contribution in [0.25, 0.3) is 0 Å². The smallest absolute Gasteiger partial charge is 0.306 e. The van der Waals surface area contributed by atoms with Crippen LogP contribution < -0.4 is 10.2 Å². The lowest BCUT2D eigenvalue weighted by atomic mass is 10.1. The Morgan fingerprint density at radius 2 is 1.90 bits per heavy atom. The van der Waals surface area contributed by atoms with E-state index in [2.05, 4.69) is 15.4 Å². The fourth-order valence-corrected chi connectivity index (χ4v) is 3.30. The van der Waals surface area contributed by atoms with Gasteiger partial charge in [-0.25, -0.2) is 4.98 Å². The highest BCUT2D eigenvalue weighted by molar-refractivity contribution is 6.15. The molecule has 4 rings (SSSR count). The number of pyridine rings is 1. The van der Waals surface area contributed by atoms with Gasteiger partial charge in [0.1, 0.15) is 11.5 Å². The van der Waals surface area contributed by atoms with Gasteiger partial charge < -0.3 is 10.2 Å². The van der Waals surface area contributed by atoms with E-state index >= 15 is 0 Å². The molecule has 3 aromatic rings. The zero-order valence-corrected chi connectivity index (χ0v) is 15.7. The molecule has 0 saturated heterocycles. The van der Waals surface area contributed by atoms with Crippen LogP contribution in [0.5, 0.6) is 0 Å². The number of alkyl halides is 3. The summed E-state index contributed by atoms with van der Waals surface area (Å²) in [6.45, 7) is 2.01. The van der Waals surface area contributed by atoms with Crippen molar-refractivity contribution in [1.82, 2.24) is 14.8 Å². The number of nitrogens with one attached hydrogen (secondary N) is 1. The molecule has 0 fully saturated rings. The molecule has 0 aliphatic carbocycles. The number of hydrogen-bond donors (Lipinski definition) is 1.